The molecule has 3 aliphatic heterocycles. The van der Waals surface area contributed by atoms with Crippen LogP contribution in [0.1, 0.15) is 68.6 Å². The topological polar surface area (TPSA) is 160 Å². The van der Waals surface area contributed by atoms with Gasteiger partial charge in [-0.05, 0) is 88.3 Å². The second kappa shape index (κ2) is 14.9. The Balaban J connectivity index is 1.43. The molecule has 6 atom stereocenters. The highest BCUT2D eigenvalue weighted by molar-refractivity contribution is 5.92. The van der Waals surface area contributed by atoms with Crippen molar-refractivity contribution in [3.8, 4) is 11.5 Å². The van der Waals surface area contributed by atoms with Crippen LogP contribution < -0.4 is 9.47 Å². The Hall–Kier alpha value is -4.38. The number of hydrogen-bond donors (Lipinski definition) is 2. The smallest absolute Gasteiger partial charge is 0.432 e. The molecular weight excluding hydrogens is 731 g/mol. The zero-order valence-corrected chi connectivity index (χ0v) is 31.3. The van der Waals surface area contributed by atoms with Crippen LogP contribution in [0.4, 0.5) is 13.2 Å². The fourth-order valence-electron chi connectivity index (χ4n) is 8.47. The first-order valence-electron chi connectivity index (χ1n) is 18.0. The molecule has 16 heteroatoms. The van der Waals surface area contributed by atoms with E-state index in [9.17, 15) is 37.8 Å². The molecule has 0 bridgehead atoms. The van der Waals surface area contributed by atoms with Gasteiger partial charge in [-0.3, -0.25) is 4.90 Å². The monoisotopic (exact) mass is 777 g/mol. The summed E-state index contributed by atoms with van der Waals surface area (Å²) in [6.45, 7) is 4.34. The first kappa shape index (κ1) is 40.3. The molecule has 0 radical (unpaired) electrons. The third-order valence-electron chi connectivity index (χ3n) is 11.1. The molecule has 0 unspecified atom stereocenters. The van der Waals surface area contributed by atoms with E-state index in [0.717, 1.165) is 43.3 Å². The number of nitrogens with zero attached hydrogens (tertiary/aromatic N) is 1. The molecule has 4 aliphatic rings. The van der Waals surface area contributed by atoms with Gasteiger partial charge < -0.3 is 43.4 Å². The van der Waals surface area contributed by atoms with Gasteiger partial charge in [-0.15, -0.1) is 0 Å². The fraction of sp³-hybridized carbons (Fsp3) is 0.564. The van der Waals surface area contributed by atoms with E-state index < -0.39 is 76.5 Å². The van der Waals surface area contributed by atoms with E-state index >= 15 is 0 Å². The molecule has 2 aromatic carbocycles. The van der Waals surface area contributed by atoms with Crippen LogP contribution >= 0.6 is 0 Å². The van der Waals surface area contributed by atoms with Crippen LogP contribution in [-0.4, -0.2) is 109 Å². The highest BCUT2D eigenvalue weighted by atomic mass is 19.4. The summed E-state index contributed by atoms with van der Waals surface area (Å²) in [5, 5.41) is 22.9. The number of benzene rings is 2. The van der Waals surface area contributed by atoms with Gasteiger partial charge in [0.15, 0.2) is 17.6 Å². The van der Waals surface area contributed by atoms with Crippen LogP contribution in [0, 0.1) is 0 Å². The summed E-state index contributed by atoms with van der Waals surface area (Å²) in [5.41, 5.74) is -7.99. The minimum atomic E-state index is -5.45. The number of rotatable bonds is 13. The molecule has 0 aromatic heterocycles. The largest absolute Gasteiger partial charge is 0.497 e. The van der Waals surface area contributed by atoms with Crippen LogP contribution in [0.5, 0.6) is 11.5 Å². The lowest BCUT2D eigenvalue weighted by Crippen LogP contribution is -2.60. The van der Waals surface area contributed by atoms with E-state index in [1.54, 1.807) is 0 Å². The summed E-state index contributed by atoms with van der Waals surface area (Å²) < 4.78 is 83.1. The van der Waals surface area contributed by atoms with Crippen molar-refractivity contribution in [2.75, 3.05) is 41.2 Å². The molecule has 0 amide bonds. The third kappa shape index (κ3) is 7.02. The minimum Gasteiger partial charge on any atom is -0.497 e. The Morgan fingerprint density at radius 3 is 2.29 bits per heavy atom. The minimum absolute atomic E-state index is 0.0223. The average molecular weight is 778 g/mol. The molecule has 2 aromatic rings. The second-order valence-corrected chi connectivity index (χ2v) is 14.9. The number of ether oxygens (including phenoxy) is 7. The molecular formula is C39H46F3NO12. The number of carbonyl (C=O) groups excluding carboxylic acids is 3. The average Bonchev–Trinajstić information content (AvgIpc) is 3.83. The van der Waals surface area contributed by atoms with Crippen LogP contribution in [-0.2, 0) is 50.1 Å². The highest BCUT2D eigenvalue weighted by Crippen LogP contribution is 2.56. The number of alkyl halides is 3. The molecule has 2 N–H and O–H groups in total. The SMILES string of the molecule is COC(=O)[C@@H](OC(=O)[C@@](OC)(c1ccccc1)C(F)(F)F)[C@](O)(CCCC(C)(C)O)C(=O)O[C@@H]1C(OC)=C[C@]23CCCN2CCc2cc4c(cc2[C@H]13)OCO4. The summed E-state index contributed by atoms with van der Waals surface area (Å²) in [4.78, 5) is 44.3. The molecule has 0 saturated carbocycles. The summed E-state index contributed by atoms with van der Waals surface area (Å²) in [7, 11) is 2.88. The summed E-state index contributed by atoms with van der Waals surface area (Å²) in [6, 6.07) is 9.57. The first-order valence-corrected chi connectivity index (χ1v) is 18.0. The Morgan fingerprint density at radius 2 is 1.67 bits per heavy atom. The lowest BCUT2D eigenvalue weighted by molar-refractivity contribution is -0.281. The maximum atomic E-state index is 14.9. The molecule has 3 heterocycles. The van der Waals surface area contributed by atoms with E-state index in [1.165, 1.54) is 39.2 Å². The number of esters is 3. The number of aliphatic hydroxyl groups is 2. The molecule has 1 fully saturated rings. The molecule has 13 nitrogen and oxygen atoms in total. The number of methoxy groups -OCH3 is 3. The maximum absolute atomic E-state index is 14.9. The number of hydrogen-bond acceptors (Lipinski definition) is 13. The first-order chi connectivity index (χ1) is 26.0. The standard InChI is InChI=1S/C39H46F3NO12/c1-35(2,47)14-9-16-37(48,31(32(44)50-4)55-34(46)38(51-5,39(40,41)42)24-11-7-6-8-12-24)33(45)54-30-28(49-3)21-36-15-10-17-43(36)18-13-23-19-26-27(53-22-52-26)20-25(23)29(30)36/h6-8,11-12,19-21,29-31,47-48H,9-10,13-18,22H2,1-5H3/t29-,30-,31-,36+,37-,38+/m1/s1. The number of halogens is 3. The fourth-order valence-corrected chi connectivity index (χ4v) is 8.47. The third-order valence-corrected chi connectivity index (χ3v) is 11.1. The molecule has 6 rings (SSSR count). The van der Waals surface area contributed by atoms with Crippen molar-refractivity contribution in [3.05, 3.63) is 71.0 Å². The van der Waals surface area contributed by atoms with Gasteiger partial charge in [-0.1, -0.05) is 30.3 Å². The number of carbonyl (C=O) groups is 3. The quantitative estimate of drug-likeness (QED) is 0.220. The van der Waals surface area contributed by atoms with Gasteiger partial charge in [0.1, 0.15) is 5.76 Å². The predicted molar refractivity (Wildman–Crippen MR) is 186 cm³/mol. The predicted octanol–water partition coefficient (Wildman–Crippen LogP) is 4.21. The zero-order valence-electron chi connectivity index (χ0n) is 31.3. The van der Waals surface area contributed by atoms with Crippen molar-refractivity contribution in [1.29, 1.82) is 0 Å². The van der Waals surface area contributed by atoms with Crippen molar-refractivity contribution >= 4 is 17.9 Å². The summed E-state index contributed by atoms with van der Waals surface area (Å²) >= 11 is 0. The molecule has 1 spiro atoms. The second-order valence-electron chi connectivity index (χ2n) is 14.9. The van der Waals surface area contributed by atoms with Crippen molar-refractivity contribution in [1.82, 2.24) is 4.90 Å². The van der Waals surface area contributed by atoms with Crippen LogP contribution in [0.3, 0.4) is 0 Å². The van der Waals surface area contributed by atoms with Gasteiger partial charge in [-0.2, -0.15) is 13.2 Å². The van der Waals surface area contributed by atoms with Crippen molar-refractivity contribution in [2.24, 2.45) is 0 Å². The van der Waals surface area contributed by atoms with E-state index in [1.807, 2.05) is 18.2 Å². The van der Waals surface area contributed by atoms with Gasteiger partial charge in [0.2, 0.25) is 18.5 Å². The Kier molecular flexibility index (Phi) is 10.9. The van der Waals surface area contributed by atoms with Crippen molar-refractivity contribution in [2.45, 2.75) is 99.0 Å². The molecule has 1 saturated heterocycles. The van der Waals surface area contributed by atoms with E-state index in [2.05, 4.69) is 4.90 Å². The maximum Gasteiger partial charge on any atom is 0.432 e. The van der Waals surface area contributed by atoms with E-state index in [4.69, 9.17) is 33.2 Å². The molecule has 1 aliphatic carbocycles. The van der Waals surface area contributed by atoms with Gasteiger partial charge in [0.05, 0.1) is 31.3 Å². The Morgan fingerprint density at radius 1 is 0.982 bits per heavy atom. The van der Waals surface area contributed by atoms with Crippen LogP contribution in [0.2, 0.25) is 0 Å². The van der Waals surface area contributed by atoms with E-state index in [0.29, 0.717) is 38.0 Å². The van der Waals surface area contributed by atoms with Crippen molar-refractivity contribution < 1.29 is 70.9 Å². The Bertz CT molecular complexity index is 1810. The van der Waals surface area contributed by atoms with Gasteiger partial charge in [0, 0.05) is 19.2 Å². The lowest BCUT2D eigenvalue weighted by atomic mass is 9.77. The van der Waals surface area contributed by atoms with Crippen LogP contribution in [0.15, 0.2) is 54.3 Å². The Labute approximate surface area is 316 Å². The lowest BCUT2D eigenvalue weighted by Gasteiger charge is -2.40. The van der Waals surface area contributed by atoms with E-state index in [-0.39, 0.29) is 25.4 Å². The summed E-state index contributed by atoms with van der Waals surface area (Å²) in [6.07, 6.45) is -6.33. The molecule has 300 valence electrons. The van der Waals surface area contributed by atoms with Gasteiger partial charge in [0.25, 0.3) is 5.60 Å². The normalized spacial score (nSPS) is 24.5. The van der Waals surface area contributed by atoms with Crippen molar-refractivity contribution in [3.63, 3.8) is 0 Å². The van der Waals surface area contributed by atoms with Gasteiger partial charge in [-0.25, -0.2) is 14.4 Å². The van der Waals surface area contributed by atoms with Crippen LogP contribution in [0.25, 0.3) is 0 Å². The number of fused-ring (bicyclic) bond motifs is 3. The summed E-state index contributed by atoms with van der Waals surface area (Å²) in [5.74, 6) is -4.54. The molecule has 55 heavy (non-hydrogen) atoms. The highest BCUT2D eigenvalue weighted by Gasteiger charge is 2.66. The zero-order chi connectivity index (χ0) is 40.0. The van der Waals surface area contributed by atoms with Gasteiger partial charge >= 0.3 is 24.1 Å².